The van der Waals surface area contributed by atoms with E-state index in [1.165, 1.54) is 0 Å². The molecule has 0 spiro atoms. The number of rotatable bonds is 4. The molecule has 0 unspecified atom stereocenters. The Kier molecular flexibility index (Phi) is 9.36. The van der Waals surface area contributed by atoms with Crippen molar-refractivity contribution in [3.05, 3.63) is 29.8 Å². The molecule has 3 aliphatic rings. The van der Waals surface area contributed by atoms with Crippen LogP contribution >= 0.6 is 0 Å². The summed E-state index contributed by atoms with van der Waals surface area (Å²) in [5.41, 5.74) is 0.717. The largest absolute Gasteiger partial charge is 0.508 e. The minimum Gasteiger partial charge on any atom is -0.508 e. The maximum Gasteiger partial charge on any atom is 0.249 e. The molecular formula is C26H39N5O6. The number of phenols is 1. The smallest absolute Gasteiger partial charge is 0.249 e. The maximum atomic E-state index is 14.0. The molecule has 3 heterocycles. The molecule has 3 atom stereocenters. The molecule has 11 heteroatoms. The number of hydrogen-bond acceptors (Lipinski definition) is 8. The van der Waals surface area contributed by atoms with Crippen LogP contribution in [0.15, 0.2) is 24.3 Å². The predicted molar refractivity (Wildman–Crippen MR) is 136 cm³/mol. The Hall–Kier alpha value is -2.73. The highest BCUT2D eigenvalue weighted by molar-refractivity contribution is 5.93. The number of nitrogens with one attached hydrogen (secondary N) is 2. The average molecular weight is 518 g/mol. The second-order valence-electron chi connectivity index (χ2n) is 10.0. The summed E-state index contributed by atoms with van der Waals surface area (Å²) in [6, 6.07) is 5.52. The fourth-order valence-electron chi connectivity index (χ4n) is 5.27. The van der Waals surface area contributed by atoms with Gasteiger partial charge in [-0.15, -0.1) is 0 Å². The fourth-order valence-corrected chi connectivity index (χ4v) is 5.27. The molecule has 1 aromatic rings. The minimum atomic E-state index is -0.744. The number of hydrogen-bond donors (Lipinski definition) is 3. The van der Waals surface area contributed by atoms with E-state index >= 15 is 0 Å². The van der Waals surface area contributed by atoms with Crippen molar-refractivity contribution in [3.63, 3.8) is 0 Å². The summed E-state index contributed by atoms with van der Waals surface area (Å²) in [4.78, 5) is 45.9. The highest BCUT2D eigenvalue weighted by Gasteiger charge is 2.46. The van der Waals surface area contributed by atoms with E-state index in [1.807, 2.05) is 12.1 Å². The Morgan fingerprint density at radius 1 is 1.05 bits per heavy atom. The zero-order valence-electron chi connectivity index (χ0n) is 21.7. The zero-order valence-corrected chi connectivity index (χ0v) is 21.7. The highest BCUT2D eigenvalue weighted by atomic mass is 16.5. The number of benzene rings is 1. The number of amides is 3. The summed E-state index contributed by atoms with van der Waals surface area (Å²) in [5, 5.41) is 16.5. The average Bonchev–Trinajstić information content (AvgIpc) is 3.32. The Balaban J connectivity index is 1.58. The van der Waals surface area contributed by atoms with Crippen LogP contribution in [-0.2, 0) is 30.4 Å². The molecule has 3 amide bonds. The van der Waals surface area contributed by atoms with Crippen LogP contribution in [-0.4, -0.2) is 121 Å². The second-order valence-corrected chi connectivity index (χ2v) is 10.0. The SMILES string of the molecule is CC(C)N1CCN2C(=O)COCCOCCNC(=O)[C@@H]3[C@H](NCc4ccccc4O)CCN3C(=O)[C@@H]2C1. The molecule has 3 fully saturated rings. The molecule has 11 nitrogen and oxygen atoms in total. The van der Waals surface area contributed by atoms with Gasteiger partial charge in [0.2, 0.25) is 17.7 Å². The van der Waals surface area contributed by atoms with E-state index < -0.39 is 12.1 Å². The molecule has 0 bridgehead atoms. The monoisotopic (exact) mass is 517 g/mol. The summed E-state index contributed by atoms with van der Waals surface area (Å²) < 4.78 is 11.0. The number of carbonyl (C=O) groups excluding carboxylic acids is 3. The summed E-state index contributed by atoms with van der Waals surface area (Å²) in [7, 11) is 0. The van der Waals surface area contributed by atoms with Crippen LogP contribution in [0.1, 0.15) is 25.8 Å². The van der Waals surface area contributed by atoms with Gasteiger partial charge in [-0.05, 0) is 26.3 Å². The molecule has 3 saturated heterocycles. The number of fused-ring (bicyclic) bond motifs is 2. The third-order valence-corrected chi connectivity index (χ3v) is 7.39. The van der Waals surface area contributed by atoms with E-state index in [2.05, 4.69) is 29.4 Å². The molecule has 4 rings (SSSR count). The number of aromatic hydroxyl groups is 1. The van der Waals surface area contributed by atoms with E-state index in [0.29, 0.717) is 58.9 Å². The molecule has 0 aliphatic carbocycles. The van der Waals surface area contributed by atoms with Crippen molar-refractivity contribution >= 4 is 17.7 Å². The van der Waals surface area contributed by atoms with Crippen LogP contribution < -0.4 is 10.6 Å². The van der Waals surface area contributed by atoms with Crippen molar-refractivity contribution in [2.75, 3.05) is 59.2 Å². The quantitative estimate of drug-likeness (QED) is 0.490. The van der Waals surface area contributed by atoms with Crippen molar-refractivity contribution in [2.24, 2.45) is 0 Å². The number of ether oxygens (including phenoxy) is 2. The van der Waals surface area contributed by atoms with Gasteiger partial charge in [0.05, 0.1) is 19.8 Å². The summed E-state index contributed by atoms with van der Waals surface area (Å²) >= 11 is 0. The normalized spacial score (nSPS) is 26.9. The first-order valence-electron chi connectivity index (χ1n) is 13.1. The molecule has 0 radical (unpaired) electrons. The molecular weight excluding hydrogens is 478 g/mol. The summed E-state index contributed by atoms with van der Waals surface area (Å²) in [6.07, 6.45) is 0.575. The third-order valence-electron chi connectivity index (χ3n) is 7.39. The van der Waals surface area contributed by atoms with Crippen molar-refractivity contribution in [1.82, 2.24) is 25.3 Å². The lowest BCUT2D eigenvalue weighted by Gasteiger charge is -2.44. The van der Waals surface area contributed by atoms with Crippen molar-refractivity contribution in [1.29, 1.82) is 0 Å². The second kappa shape index (κ2) is 12.7. The molecule has 1 aromatic carbocycles. The minimum absolute atomic E-state index is 0.111. The highest BCUT2D eigenvalue weighted by Crippen LogP contribution is 2.25. The number of para-hydroxylation sites is 1. The summed E-state index contributed by atoms with van der Waals surface area (Å²) in [5.74, 6) is -0.537. The topological polar surface area (TPSA) is 124 Å². The van der Waals surface area contributed by atoms with E-state index in [9.17, 15) is 19.5 Å². The molecule has 37 heavy (non-hydrogen) atoms. The van der Waals surface area contributed by atoms with Gasteiger partial charge in [0, 0.05) is 56.9 Å². The van der Waals surface area contributed by atoms with Crippen LogP contribution in [0.4, 0.5) is 0 Å². The Morgan fingerprint density at radius 3 is 2.62 bits per heavy atom. The molecule has 0 saturated carbocycles. The van der Waals surface area contributed by atoms with Gasteiger partial charge in [0.1, 0.15) is 24.4 Å². The Bertz CT molecular complexity index is 959. The van der Waals surface area contributed by atoms with Gasteiger partial charge in [0.15, 0.2) is 0 Å². The Morgan fingerprint density at radius 2 is 1.84 bits per heavy atom. The van der Waals surface area contributed by atoms with Gasteiger partial charge in [-0.3, -0.25) is 19.3 Å². The van der Waals surface area contributed by atoms with Crippen molar-refractivity contribution < 1.29 is 29.0 Å². The third kappa shape index (κ3) is 6.59. The molecule has 0 aromatic heterocycles. The van der Waals surface area contributed by atoms with Crippen LogP contribution in [0.5, 0.6) is 5.75 Å². The van der Waals surface area contributed by atoms with Crippen molar-refractivity contribution in [2.45, 2.75) is 51.0 Å². The van der Waals surface area contributed by atoms with Gasteiger partial charge in [-0.1, -0.05) is 18.2 Å². The Labute approximate surface area is 218 Å². The lowest BCUT2D eigenvalue weighted by Crippen LogP contribution is -2.64. The lowest BCUT2D eigenvalue weighted by atomic mass is 10.0. The van der Waals surface area contributed by atoms with Crippen LogP contribution in [0.3, 0.4) is 0 Å². The van der Waals surface area contributed by atoms with Gasteiger partial charge in [-0.2, -0.15) is 0 Å². The molecule has 3 N–H and O–H groups in total. The summed E-state index contributed by atoms with van der Waals surface area (Å²) in [6.45, 7) is 7.47. The number of phenolic OH excluding ortho intramolecular Hbond substituents is 1. The van der Waals surface area contributed by atoms with Gasteiger partial charge in [-0.25, -0.2) is 0 Å². The van der Waals surface area contributed by atoms with E-state index in [-0.39, 0.29) is 48.8 Å². The first-order chi connectivity index (χ1) is 17.9. The van der Waals surface area contributed by atoms with Gasteiger partial charge >= 0.3 is 0 Å². The number of nitrogens with zero attached hydrogens (tertiary/aromatic N) is 3. The van der Waals surface area contributed by atoms with Gasteiger partial charge in [0.25, 0.3) is 0 Å². The van der Waals surface area contributed by atoms with E-state index in [0.717, 1.165) is 5.56 Å². The van der Waals surface area contributed by atoms with Crippen molar-refractivity contribution in [3.8, 4) is 5.75 Å². The van der Waals surface area contributed by atoms with Gasteiger partial charge < -0.3 is 35.0 Å². The zero-order chi connectivity index (χ0) is 26.4. The first kappa shape index (κ1) is 27.3. The van der Waals surface area contributed by atoms with Crippen LogP contribution in [0.2, 0.25) is 0 Å². The predicted octanol–water partition coefficient (Wildman–Crippen LogP) is -0.464. The van der Waals surface area contributed by atoms with E-state index in [4.69, 9.17) is 9.47 Å². The lowest BCUT2D eigenvalue weighted by molar-refractivity contribution is -0.154. The number of carbonyl (C=O) groups is 3. The van der Waals surface area contributed by atoms with E-state index in [1.54, 1.807) is 21.9 Å². The number of piperazine rings is 1. The standard InChI is InChI=1S/C26H39N5O6/c1-18(2)29-10-11-30-21(16-29)26(35)31-9-7-20(28-15-19-5-3-4-6-22(19)32)24(31)25(34)27-8-12-36-13-14-37-17-23(30)33/h3-6,18,20-21,24,28,32H,7-17H2,1-2H3,(H,27,34)/t20-,21+,24+/m1/s1. The van der Waals surface area contributed by atoms with Crippen LogP contribution in [0.25, 0.3) is 0 Å². The maximum absolute atomic E-state index is 14.0. The first-order valence-corrected chi connectivity index (χ1v) is 13.1. The fraction of sp³-hybridized carbons (Fsp3) is 0.654. The molecule has 204 valence electrons. The molecule has 3 aliphatic heterocycles. The van der Waals surface area contributed by atoms with Crippen LogP contribution in [0, 0.1) is 0 Å².